The minimum atomic E-state index is -0.913. The van der Waals surface area contributed by atoms with E-state index in [0.29, 0.717) is 24.2 Å². The van der Waals surface area contributed by atoms with Crippen LogP contribution in [0.5, 0.6) is 0 Å². The molecule has 0 radical (unpaired) electrons. The third-order valence-corrected chi connectivity index (χ3v) is 9.12. The maximum absolute atomic E-state index is 12.6. The first-order valence-electron chi connectivity index (χ1n) is 14.7. The van der Waals surface area contributed by atoms with Crippen LogP contribution in [0.1, 0.15) is 85.2 Å². The minimum Gasteiger partial charge on any atom is -0.374 e. The van der Waals surface area contributed by atoms with Gasteiger partial charge in [-0.05, 0) is 93.9 Å². The molecule has 39 heavy (non-hydrogen) atoms. The summed E-state index contributed by atoms with van der Waals surface area (Å²) >= 11 is 0. The lowest BCUT2D eigenvalue weighted by molar-refractivity contribution is 0.138. The molecule has 6 rings (SSSR count). The number of fused-ring (bicyclic) bond motifs is 1. The fraction of sp³-hybridized carbons (Fsp3) is 0.548. The Morgan fingerprint density at radius 1 is 1.10 bits per heavy atom. The highest BCUT2D eigenvalue weighted by atomic mass is 16.3. The molecule has 2 aliphatic heterocycles. The molecule has 8 heteroatoms. The van der Waals surface area contributed by atoms with E-state index in [9.17, 15) is 9.90 Å². The van der Waals surface area contributed by atoms with Gasteiger partial charge < -0.3 is 15.4 Å². The van der Waals surface area contributed by atoms with E-state index in [1.165, 1.54) is 36.8 Å². The zero-order chi connectivity index (χ0) is 26.9. The molecule has 2 fully saturated rings. The van der Waals surface area contributed by atoms with E-state index in [4.69, 9.17) is 5.10 Å². The number of pyridine rings is 1. The normalized spacial score (nSPS) is 20.5. The van der Waals surface area contributed by atoms with E-state index in [1.807, 2.05) is 26.1 Å². The average Bonchev–Trinajstić information content (AvgIpc) is 3.62. The highest BCUT2D eigenvalue weighted by Crippen LogP contribution is 2.36. The van der Waals surface area contributed by atoms with E-state index >= 15 is 0 Å². The van der Waals surface area contributed by atoms with E-state index in [0.717, 1.165) is 73.2 Å². The molecule has 2 aromatic heterocycles. The first kappa shape index (κ1) is 26.4. The molecule has 1 saturated carbocycles. The third-order valence-electron chi connectivity index (χ3n) is 9.12. The number of aromatic nitrogens is 3. The first-order chi connectivity index (χ1) is 19.0. The van der Waals surface area contributed by atoms with Gasteiger partial charge in [0.15, 0.2) is 0 Å². The fourth-order valence-electron chi connectivity index (χ4n) is 6.88. The Morgan fingerprint density at radius 3 is 2.62 bits per heavy atom. The second-order valence-electron chi connectivity index (χ2n) is 11.7. The summed E-state index contributed by atoms with van der Waals surface area (Å²) in [6.07, 6.45) is 11.6. The van der Waals surface area contributed by atoms with Gasteiger partial charge in [-0.15, -0.1) is 0 Å². The molecule has 1 saturated heterocycles. The van der Waals surface area contributed by atoms with Crippen molar-refractivity contribution in [1.29, 1.82) is 0 Å². The number of nitrogens with zero attached hydrogens (tertiary/aromatic N) is 3. The first-order valence-corrected chi connectivity index (χ1v) is 14.7. The van der Waals surface area contributed by atoms with E-state index in [-0.39, 0.29) is 5.56 Å². The number of hydrogen-bond acceptors (Lipinski definition) is 6. The Kier molecular flexibility index (Phi) is 7.71. The van der Waals surface area contributed by atoms with E-state index in [2.05, 4.69) is 43.4 Å². The quantitative estimate of drug-likeness (QED) is 0.344. The SMILES string of the molecule is Cc1cc(C)c(CNC(O)c2cc(C3=CCN(C4CCNCC4)CC3)cc3c2cnn3C2CCCC2)c(=O)[nH]1. The van der Waals surface area contributed by atoms with Crippen molar-refractivity contribution in [2.24, 2.45) is 0 Å². The number of rotatable bonds is 7. The van der Waals surface area contributed by atoms with Gasteiger partial charge in [0.2, 0.25) is 0 Å². The zero-order valence-electron chi connectivity index (χ0n) is 23.3. The largest absolute Gasteiger partial charge is 0.374 e. The van der Waals surface area contributed by atoms with Gasteiger partial charge in [0.1, 0.15) is 6.23 Å². The van der Waals surface area contributed by atoms with Gasteiger partial charge >= 0.3 is 0 Å². The Bertz CT molecular complexity index is 1410. The summed E-state index contributed by atoms with van der Waals surface area (Å²) in [6, 6.07) is 7.49. The van der Waals surface area contributed by atoms with Crippen molar-refractivity contribution in [2.45, 2.75) is 83.6 Å². The number of aromatic amines is 1. The van der Waals surface area contributed by atoms with Crippen LogP contribution < -0.4 is 16.2 Å². The molecule has 1 aromatic carbocycles. The van der Waals surface area contributed by atoms with Crippen LogP contribution in [-0.2, 0) is 6.54 Å². The van der Waals surface area contributed by atoms with Crippen LogP contribution in [-0.4, -0.2) is 57.0 Å². The van der Waals surface area contributed by atoms with Gasteiger partial charge in [-0.25, -0.2) is 0 Å². The second kappa shape index (κ2) is 11.4. The predicted molar refractivity (Wildman–Crippen MR) is 156 cm³/mol. The highest BCUT2D eigenvalue weighted by molar-refractivity contribution is 5.87. The molecule has 8 nitrogen and oxygen atoms in total. The molecule has 3 aromatic rings. The number of aryl methyl sites for hydroxylation is 2. The molecule has 0 spiro atoms. The van der Waals surface area contributed by atoms with Crippen molar-refractivity contribution >= 4 is 16.5 Å². The molecule has 4 N–H and O–H groups in total. The lowest BCUT2D eigenvalue weighted by atomic mass is 9.93. The maximum atomic E-state index is 12.6. The van der Waals surface area contributed by atoms with Crippen LogP contribution in [0, 0.1) is 13.8 Å². The Morgan fingerprint density at radius 2 is 1.90 bits per heavy atom. The maximum Gasteiger partial charge on any atom is 0.252 e. The monoisotopic (exact) mass is 530 g/mol. The molecule has 208 valence electrons. The number of aliphatic hydroxyl groups is 1. The average molecular weight is 531 g/mol. The third kappa shape index (κ3) is 5.48. The van der Waals surface area contributed by atoms with Crippen LogP contribution in [0.4, 0.5) is 0 Å². The molecule has 1 unspecified atom stereocenters. The highest BCUT2D eigenvalue weighted by Gasteiger charge is 2.26. The van der Waals surface area contributed by atoms with Crippen molar-refractivity contribution in [1.82, 2.24) is 30.3 Å². The lowest BCUT2D eigenvalue weighted by Gasteiger charge is -2.36. The van der Waals surface area contributed by atoms with Crippen LogP contribution in [0.25, 0.3) is 16.5 Å². The summed E-state index contributed by atoms with van der Waals surface area (Å²) in [5.74, 6) is 0. The van der Waals surface area contributed by atoms with Gasteiger partial charge in [0.05, 0.1) is 17.8 Å². The van der Waals surface area contributed by atoms with Gasteiger partial charge in [0.25, 0.3) is 5.56 Å². The Balaban J connectivity index is 1.31. The van der Waals surface area contributed by atoms with E-state index in [1.54, 1.807) is 0 Å². The summed E-state index contributed by atoms with van der Waals surface area (Å²) in [4.78, 5) is 18.1. The van der Waals surface area contributed by atoms with Crippen LogP contribution in [0.2, 0.25) is 0 Å². The fourth-order valence-corrected chi connectivity index (χ4v) is 6.88. The van der Waals surface area contributed by atoms with Gasteiger partial charge in [-0.2, -0.15) is 5.10 Å². The molecule has 0 amide bonds. The summed E-state index contributed by atoms with van der Waals surface area (Å²) in [5, 5.41) is 23.9. The smallest absolute Gasteiger partial charge is 0.252 e. The topological polar surface area (TPSA) is 98.2 Å². The summed E-state index contributed by atoms with van der Waals surface area (Å²) in [7, 11) is 0. The number of nitrogens with one attached hydrogen (secondary N) is 3. The molecule has 4 heterocycles. The van der Waals surface area contributed by atoms with Gasteiger partial charge in [-0.3, -0.25) is 19.7 Å². The van der Waals surface area contributed by atoms with E-state index < -0.39 is 6.23 Å². The Hall–Kier alpha value is -2.78. The minimum absolute atomic E-state index is 0.106. The summed E-state index contributed by atoms with van der Waals surface area (Å²) in [5.41, 5.74) is 6.76. The van der Waals surface area contributed by atoms with Crippen molar-refractivity contribution in [3.8, 4) is 0 Å². The van der Waals surface area contributed by atoms with Gasteiger partial charge in [0, 0.05) is 47.9 Å². The number of H-pyrrole nitrogens is 1. The van der Waals surface area contributed by atoms with Crippen molar-refractivity contribution < 1.29 is 5.11 Å². The second-order valence-corrected chi connectivity index (χ2v) is 11.7. The van der Waals surface area contributed by atoms with Crippen molar-refractivity contribution in [3.63, 3.8) is 0 Å². The zero-order valence-corrected chi connectivity index (χ0v) is 23.3. The number of piperidine rings is 1. The van der Waals surface area contributed by atoms with Crippen LogP contribution in [0.15, 0.2) is 35.3 Å². The number of aliphatic hydroxyl groups excluding tert-OH is 1. The van der Waals surface area contributed by atoms with Crippen LogP contribution in [0.3, 0.4) is 0 Å². The molecule has 1 atom stereocenters. The molecule has 1 aliphatic carbocycles. The summed E-state index contributed by atoms with van der Waals surface area (Å²) < 4.78 is 2.20. The van der Waals surface area contributed by atoms with Crippen LogP contribution >= 0.6 is 0 Å². The molecule has 0 bridgehead atoms. The molecule has 3 aliphatic rings. The van der Waals surface area contributed by atoms with Crippen molar-refractivity contribution in [3.05, 3.63) is 68.8 Å². The predicted octanol–water partition coefficient (Wildman–Crippen LogP) is 4.08. The standard InChI is InChI=1S/C31H42N6O2/c1-20-15-21(2)35-31(39)27(20)18-33-30(38)26-16-23(17-29-28(26)19-34-37(29)25-5-3-4-6-25)22-9-13-36(14-10-22)24-7-11-32-12-8-24/h9,15-17,19,24-25,30,32-33,38H,3-8,10-14,18H2,1-2H3,(H,35,39). The molecular weight excluding hydrogens is 488 g/mol. The summed E-state index contributed by atoms with van der Waals surface area (Å²) in [6.45, 7) is 8.39. The van der Waals surface area contributed by atoms with Gasteiger partial charge in [-0.1, -0.05) is 18.9 Å². The number of benzene rings is 1. The lowest BCUT2D eigenvalue weighted by Crippen LogP contribution is -2.44. The number of hydrogen-bond donors (Lipinski definition) is 4. The Labute approximate surface area is 230 Å². The van der Waals surface area contributed by atoms with Crippen molar-refractivity contribution in [2.75, 3.05) is 26.2 Å². The molecular formula is C31H42N6O2.